The first-order valence-corrected chi connectivity index (χ1v) is 15.4. The zero-order valence-electron chi connectivity index (χ0n) is 22.7. The Labute approximate surface area is 235 Å². The SMILES string of the molecule is Cc1cc(C2CCN(S(C)(=O)=O)CC2)ccc1Nc1ncc(Cl)c(CCc2cccc3c2C(C)(C)C(=O)N3)n1. The lowest BCUT2D eigenvalue weighted by atomic mass is 9.82. The van der Waals surface area contributed by atoms with Crippen molar-refractivity contribution in [3.05, 3.63) is 75.6 Å². The zero-order chi connectivity index (χ0) is 27.9. The van der Waals surface area contributed by atoms with E-state index >= 15 is 0 Å². The quantitative estimate of drug-likeness (QED) is 0.399. The number of nitrogens with zero attached hydrogens (tertiary/aromatic N) is 3. The molecule has 0 aliphatic carbocycles. The molecule has 3 aromatic rings. The molecular formula is C29H34ClN5O3S. The molecule has 1 aromatic heterocycles. The van der Waals surface area contributed by atoms with Crippen molar-refractivity contribution in [2.24, 2.45) is 0 Å². The molecule has 0 bridgehead atoms. The normalized spacial score (nSPS) is 17.6. The second-order valence-corrected chi connectivity index (χ2v) is 13.4. The number of hydrogen-bond donors (Lipinski definition) is 2. The lowest BCUT2D eigenvalue weighted by Crippen LogP contribution is -2.37. The summed E-state index contributed by atoms with van der Waals surface area (Å²) >= 11 is 6.48. The standard InChI is InChI=1S/C29H34ClN5O3S/c1-18-16-21(19-12-14-35(15-13-19)39(4,37)38)9-10-23(18)33-28-31-17-22(30)24(34-28)11-8-20-6-5-7-25-26(20)29(2,3)27(36)32-25/h5-7,9-10,16-17,19H,8,11-15H2,1-4H3,(H,32,36)(H,31,33,34). The molecule has 2 aliphatic rings. The van der Waals surface area contributed by atoms with Gasteiger partial charge in [0.05, 0.1) is 28.6 Å². The summed E-state index contributed by atoms with van der Waals surface area (Å²) in [7, 11) is -3.13. The molecule has 0 radical (unpaired) electrons. The number of carbonyl (C=O) groups is 1. The fraction of sp³-hybridized carbons (Fsp3) is 0.414. The summed E-state index contributed by atoms with van der Waals surface area (Å²) in [6.07, 6.45) is 5.83. The third-order valence-corrected chi connectivity index (χ3v) is 9.55. The number of aromatic nitrogens is 2. The van der Waals surface area contributed by atoms with Gasteiger partial charge < -0.3 is 10.6 Å². The summed E-state index contributed by atoms with van der Waals surface area (Å²) in [6.45, 7) is 7.05. The summed E-state index contributed by atoms with van der Waals surface area (Å²) in [5, 5.41) is 6.83. The second kappa shape index (κ2) is 10.5. The predicted octanol–water partition coefficient (Wildman–Crippen LogP) is 5.34. The zero-order valence-corrected chi connectivity index (χ0v) is 24.3. The minimum Gasteiger partial charge on any atom is -0.325 e. The van der Waals surface area contributed by atoms with Gasteiger partial charge in [0.2, 0.25) is 21.9 Å². The molecule has 2 N–H and O–H groups in total. The number of benzene rings is 2. The lowest BCUT2D eigenvalue weighted by Gasteiger charge is -2.30. The van der Waals surface area contributed by atoms with Crippen molar-refractivity contribution in [2.45, 2.75) is 57.8 Å². The van der Waals surface area contributed by atoms with E-state index in [1.165, 1.54) is 11.8 Å². The number of rotatable bonds is 7. The smallest absolute Gasteiger partial charge is 0.234 e. The maximum Gasteiger partial charge on any atom is 0.234 e. The van der Waals surface area contributed by atoms with Crippen molar-refractivity contribution in [2.75, 3.05) is 30.0 Å². The molecule has 5 rings (SSSR count). The van der Waals surface area contributed by atoms with Crippen LogP contribution in [-0.4, -0.2) is 47.9 Å². The number of aryl methyl sites for hydroxylation is 3. The minimum atomic E-state index is -3.13. The molecule has 39 heavy (non-hydrogen) atoms. The largest absolute Gasteiger partial charge is 0.325 e. The average molecular weight is 568 g/mol. The fourth-order valence-electron chi connectivity index (χ4n) is 5.66. The Morgan fingerprint density at radius 3 is 2.59 bits per heavy atom. The Hall–Kier alpha value is -3.01. The lowest BCUT2D eigenvalue weighted by molar-refractivity contribution is -0.119. The monoisotopic (exact) mass is 567 g/mol. The van der Waals surface area contributed by atoms with Gasteiger partial charge in [-0.1, -0.05) is 35.9 Å². The van der Waals surface area contributed by atoms with Gasteiger partial charge >= 0.3 is 0 Å². The van der Waals surface area contributed by atoms with Gasteiger partial charge in [-0.05, 0) is 86.8 Å². The van der Waals surface area contributed by atoms with Gasteiger partial charge in [-0.2, -0.15) is 0 Å². The number of amides is 1. The van der Waals surface area contributed by atoms with Crippen LogP contribution in [-0.2, 0) is 33.1 Å². The summed E-state index contributed by atoms with van der Waals surface area (Å²) < 4.78 is 25.2. The van der Waals surface area contributed by atoms with E-state index in [0.29, 0.717) is 42.8 Å². The second-order valence-electron chi connectivity index (χ2n) is 11.0. The number of piperidine rings is 1. The molecule has 1 saturated heterocycles. The van der Waals surface area contributed by atoms with Crippen molar-refractivity contribution in [1.29, 1.82) is 0 Å². The van der Waals surface area contributed by atoms with E-state index in [1.54, 1.807) is 10.5 Å². The first-order chi connectivity index (χ1) is 18.4. The fourth-order valence-corrected chi connectivity index (χ4v) is 6.72. The number of hydrogen-bond acceptors (Lipinski definition) is 6. The summed E-state index contributed by atoms with van der Waals surface area (Å²) in [4.78, 5) is 21.6. The van der Waals surface area contributed by atoms with Crippen LogP contribution in [0.2, 0.25) is 5.02 Å². The molecule has 206 valence electrons. The first-order valence-electron chi connectivity index (χ1n) is 13.2. The molecule has 10 heteroatoms. The molecule has 2 aromatic carbocycles. The van der Waals surface area contributed by atoms with E-state index in [4.69, 9.17) is 16.6 Å². The summed E-state index contributed by atoms with van der Waals surface area (Å²) in [5.74, 6) is 0.823. The topological polar surface area (TPSA) is 104 Å². The van der Waals surface area contributed by atoms with Gasteiger partial charge in [0.15, 0.2) is 0 Å². The van der Waals surface area contributed by atoms with Crippen LogP contribution in [0.4, 0.5) is 17.3 Å². The van der Waals surface area contributed by atoms with Crippen LogP contribution in [0.15, 0.2) is 42.6 Å². The first kappa shape index (κ1) is 27.6. The van der Waals surface area contributed by atoms with Gasteiger partial charge in [0, 0.05) is 24.5 Å². The van der Waals surface area contributed by atoms with Crippen molar-refractivity contribution in [1.82, 2.24) is 14.3 Å². The summed E-state index contributed by atoms with van der Waals surface area (Å²) in [5.41, 5.74) is 6.38. The van der Waals surface area contributed by atoms with Crippen LogP contribution >= 0.6 is 11.6 Å². The molecule has 8 nitrogen and oxygen atoms in total. The number of anilines is 3. The highest BCUT2D eigenvalue weighted by atomic mass is 35.5. The van der Waals surface area contributed by atoms with Crippen LogP contribution in [0, 0.1) is 6.92 Å². The van der Waals surface area contributed by atoms with Gasteiger partial charge in [-0.3, -0.25) is 4.79 Å². The molecule has 1 fully saturated rings. The molecule has 0 unspecified atom stereocenters. The van der Waals surface area contributed by atoms with Crippen molar-refractivity contribution < 1.29 is 13.2 Å². The third-order valence-electron chi connectivity index (χ3n) is 7.93. The van der Waals surface area contributed by atoms with E-state index in [0.717, 1.165) is 46.6 Å². The Balaban J connectivity index is 1.28. The molecule has 1 amide bonds. The molecule has 0 spiro atoms. The Morgan fingerprint density at radius 1 is 1.15 bits per heavy atom. The van der Waals surface area contributed by atoms with Gasteiger partial charge in [0.25, 0.3) is 0 Å². The molecular weight excluding hydrogens is 534 g/mol. The van der Waals surface area contributed by atoms with E-state index in [-0.39, 0.29) is 5.91 Å². The van der Waals surface area contributed by atoms with Crippen LogP contribution in [0.25, 0.3) is 0 Å². The van der Waals surface area contributed by atoms with Crippen LogP contribution in [0.1, 0.15) is 60.6 Å². The molecule has 0 atom stereocenters. The molecule has 0 saturated carbocycles. The number of halogens is 1. The highest BCUT2D eigenvalue weighted by Crippen LogP contribution is 2.40. The highest BCUT2D eigenvalue weighted by Gasteiger charge is 2.39. The van der Waals surface area contributed by atoms with Gasteiger partial charge in [-0.15, -0.1) is 0 Å². The van der Waals surface area contributed by atoms with Crippen LogP contribution in [0.3, 0.4) is 0 Å². The average Bonchev–Trinajstić information content (AvgIpc) is 3.13. The van der Waals surface area contributed by atoms with E-state index in [9.17, 15) is 13.2 Å². The minimum absolute atomic E-state index is 0.0113. The number of nitrogens with one attached hydrogen (secondary N) is 2. The van der Waals surface area contributed by atoms with E-state index in [1.807, 2.05) is 39.0 Å². The summed E-state index contributed by atoms with van der Waals surface area (Å²) in [6, 6.07) is 12.3. The third kappa shape index (κ3) is 5.66. The van der Waals surface area contributed by atoms with Gasteiger partial charge in [-0.25, -0.2) is 22.7 Å². The van der Waals surface area contributed by atoms with Crippen LogP contribution < -0.4 is 10.6 Å². The maximum absolute atomic E-state index is 12.5. The van der Waals surface area contributed by atoms with Crippen molar-refractivity contribution in [3.8, 4) is 0 Å². The van der Waals surface area contributed by atoms with Gasteiger partial charge in [0.1, 0.15) is 0 Å². The van der Waals surface area contributed by atoms with E-state index < -0.39 is 15.4 Å². The number of sulfonamides is 1. The number of fused-ring (bicyclic) bond motifs is 1. The maximum atomic E-state index is 12.5. The highest BCUT2D eigenvalue weighted by molar-refractivity contribution is 7.88. The Bertz CT molecular complexity index is 1530. The van der Waals surface area contributed by atoms with Crippen molar-refractivity contribution in [3.63, 3.8) is 0 Å². The van der Waals surface area contributed by atoms with Crippen molar-refractivity contribution >= 4 is 44.9 Å². The van der Waals surface area contributed by atoms with E-state index in [2.05, 4.69) is 33.8 Å². The molecule has 3 heterocycles. The molecule has 2 aliphatic heterocycles. The predicted molar refractivity (Wildman–Crippen MR) is 155 cm³/mol. The number of carbonyl (C=O) groups excluding carboxylic acids is 1. The Kier molecular flexibility index (Phi) is 7.43. The Morgan fingerprint density at radius 2 is 1.90 bits per heavy atom. The van der Waals surface area contributed by atoms with Crippen LogP contribution in [0.5, 0.6) is 0 Å².